The van der Waals surface area contributed by atoms with Gasteiger partial charge in [-0.2, -0.15) is 0 Å². The summed E-state index contributed by atoms with van der Waals surface area (Å²) in [6.07, 6.45) is 1.90. The molecule has 1 aromatic rings. The molecule has 1 aliphatic rings. The molecule has 2 N–H and O–H groups in total. The Labute approximate surface area is 120 Å². The Morgan fingerprint density at radius 3 is 2.85 bits per heavy atom. The Balaban J connectivity index is 2.07. The van der Waals surface area contributed by atoms with Crippen LogP contribution in [-0.2, 0) is 0 Å². The summed E-state index contributed by atoms with van der Waals surface area (Å²) < 4.78 is 0. The molecular formula is C13H15ClN2O4. The molecule has 2 rings (SSSR count). The number of carbonyl (C=O) groups excluding carboxylic acids is 1. The zero-order chi connectivity index (χ0) is 14.7. The summed E-state index contributed by atoms with van der Waals surface area (Å²) in [4.78, 5) is 22.4. The van der Waals surface area contributed by atoms with Crippen LogP contribution in [0.1, 0.15) is 29.6 Å². The van der Waals surface area contributed by atoms with Crippen molar-refractivity contribution >= 4 is 23.2 Å². The molecule has 6 nitrogen and oxygen atoms in total. The van der Waals surface area contributed by atoms with Crippen molar-refractivity contribution in [1.82, 2.24) is 5.32 Å². The van der Waals surface area contributed by atoms with Gasteiger partial charge in [-0.3, -0.25) is 14.9 Å². The van der Waals surface area contributed by atoms with Crippen LogP contribution in [0.3, 0.4) is 0 Å². The highest BCUT2D eigenvalue weighted by Gasteiger charge is 2.26. The SMILES string of the molecule is O=C(NCC1CCC(O)C1)c1c(Cl)cccc1[N+](=O)[O-]. The van der Waals surface area contributed by atoms with Crippen LogP contribution in [0.15, 0.2) is 18.2 Å². The molecule has 1 fully saturated rings. The van der Waals surface area contributed by atoms with Gasteiger partial charge >= 0.3 is 0 Å². The number of hydrogen-bond acceptors (Lipinski definition) is 4. The highest BCUT2D eigenvalue weighted by Crippen LogP contribution is 2.27. The fourth-order valence-corrected chi connectivity index (χ4v) is 2.70. The maximum Gasteiger partial charge on any atom is 0.283 e. The molecule has 1 saturated carbocycles. The molecule has 108 valence electrons. The number of aliphatic hydroxyl groups is 1. The number of halogens is 1. The molecule has 2 unspecified atom stereocenters. The van der Waals surface area contributed by atoms with Crippen molar-refractivity contribution < 1.29 is 14.8 Å². The van der Waals surface area contributed by atoms with E-state index in [0.717, 1.165) is 12.8 Å². The van der Waals surface area contributed by atoms with Gasteiger partial charge in [0, 0.05) is 12.6 Å². The zero-order valence-electron chi connectivity index (χ0n) is 10.7. The number of amides is 1. The van der Waals surface area contributed by atoms with Gasteiger partial charge in [0.2, 0.25) is 0 Å². The lowest BCUT2D eigenvalue weighted by Gasteiger charge is -2.11. The molecule has 0 aliphatic heterocycles. The average Bonchev–Trinajstić information content (AvgIpc) is 2.81. The number of aliphatic hydroxyl groups excluding tert-OH is 1. The van der Waals surface area contributed by atoms with Gasteiger partial charge in [0.1, 0.15) is 5.56 Å². The van der Waals surface area contributed by atoms with Crippen molar-refractivity contribution in [2.75, 3.05) is 6.54 Å². The molecular weight excluding hydrogens is 284 g/mol. The summed E-state index contributed by atoms with van der Waals surface area (Å²) in [7, 11) is 0. The lowest BCUT2D eigenvalue weighted by molar-refractivity contribution is -0.385. The van der Waals surface area contributed by atoms with Crippen LogP contribution in [0.4, 0.5) is 5.69 Å². The fraction of sp³-hybridized carbons (Fsp3) is 0.462. The maximum absolute atomic E-state index is 12.1. The zero-order valence-corrected chi connectivity index (χ0v) is 11.5. The molecule has 0 radical (unpaired) electrons. The number of nitro groups is 1. The second-order valence-corrected chi connectivity index (χ2v) is 5.34. The number of benzene rings is 1. The number of carbonyl (C=O) groups is 1. The lowest BCUT2D eigenvalue weighted by Crippen LogP contribution is -2.29. The summed E-state index contributed by atoms with van der Waals surface area (Å²) in [5.41, 5.74) is -0.417. The molecule has 7 heteroatoms. The summed E-state index contributed by atoms with van der Waals surface area (Å²) >= 11 is 5.88. The number of hydrogen-bond donors (Lipinski definition) is 2. The van der Waals surface area contributed by atoms with Crippen molar-refractivity contribution in [1.29, 1.82) is 0 Å². The van der Waals surface area contributed by atoms with Gasteiger partial charge in [0.15, 0.2) is 0 Å². The second kappa shape index (κ2) is 6.19. The quantitative estimate of drug-likeness (QED) is 0.658. The van der Waals surface area contributed by atoms with Crippen molar-refractivity contribution in [3.05, 3.63) is 38.9 Å². The molecule has 0 bridgehead atoms. The van der Waals surface area contributed by atoms with E-state index in [1.165, 1.54) is 18.2 Å². The maximum atomic E-state index is 12.1. The van der Waals surface area contributed by atoms with E-state index in [1.807, 2.05) is 0 Å². The predicted octanol–water partition coefficient (Wildman–Crippen LogP) is 2.14. The smallest absolute Gasteiger partial charge is 0.283 e. The fourth-order valence-electron chi connectivity index (χ4n) is 2.45. The van der Waals surface area contributed by atoms with Crippen LogP contribution in [0.2, 0.25) is 5.02 Å². The first-order chi connectivity index (χ1) is 9.49. The summed E-state index contributed by atoms with van der Waals surface area (Å²) in [5.74, 6) is -0.348. The van der Waals surface area contributed by atoms with Crippen molar-refractivity contribution in [3.8, 4) is 0 Å². The minimum Gasteiger partial charge on any atom is -0.393 e. The lowest BCUT2D eigenvalue weighted by atomic mass is 10.1. The Bertz CT molecular complexity index is 535. The van der Waals surface area contributed by atoms with E-state index in [-0.39, 0.29) is 28.3 Å². The number of nitrogens with one attached hydrogen (secondary N) is 1. The van der Waals surface area contributed by atoms with Gasteiger partial charge in [-0.25, -0.2) is 0 Å². The minimum atomic E-state index is -0.625. The van der Waals surface area contributed by atoms with E-state index in [2.05, 4.69) is 5.32 Å². The van der Waals surface area contributed by atoms with Crippen molar-refractivity contribution in [2.45, 2.75) is 25.4 Å². The van der Waals surface area contributed by atoms with E-state index in [1.54, 1.807) is 0 Å². The average molecular weight is 299 g/mol. The van der Waals surface area contributed by atoms with E-state index in [0.29, 0.717) is 13.0 Å². The molecule has 0 saturated heterocycles. The molecule has 0 spiro atoms. The van der Waals surface area contributed by atoms with Crippen LogP contribution >= 0.6 is 11.6 Å². The molecule has 20 heavy (non-hydrogen) atoms. The third-order valence-electron chi connectivity index (χ3n) is 3.48. The Hall–Kier alpha value is -1.66. The van der Waals surface area contributed by atoms with Crippen LogP contribution < -0.4 is 5.32 Å². The normalized spacial score (nSPS) is 21.7. The monoisotopic (exact) mass is 298 g/mol. The van der Waals surface area contributed by atoms with E-state index < -0.39 is 10.8 Å². The first-order valence-corrected chi connectivity index (χ1v) is 6.76. The van der Waals surface area contributed by atoms with Gasteiger partial charge in [0.05, 0.1) is 16.0 Å². The third kappa shape index (κ3) is 3.26. The third-order valence-corrected chi connectivity index (χ3v) is 3.80. The standard InChI is InChI=1S/C13H15ClN2O4/c14-10-2-1-3-11(16(19)20)12(10)13(18)15-7-8-4-5-9(17)6-8/h1-3,8-9,17H,4-7H2,(H,15,18). The van der Waals surface area contributed by atoms with Gasteiger partial charge in [-0.1, -0.05) is 17.7 Å². The largest absolute Gasteiger partial charge is 0.393 e. The second-order valence-electron chi connectivity index (χ2n) is 4.93. The molecule has 1 aromatic carbocycles. The highest BCUT2D eigenvalue weighted by molar-refractivity contribution is 6.34. The van der Waals surface area contributed by atoms with Gasteiger partial charge in [-0.15, -0.1) is 0 Å². The molecule has 1 amide bonds. The van der Waals surface area contributed by atoms with E-state index in [9.17, 15) is 20.0 Å². The number of nitro benzene ring substituents is 1. The van der Waals surface area contributed by atoms with Gasteiger partial charge < -0.3 is 10.4 Å². The first-order valence-electron chi connectivity index (χ1n) is 6.38. The molecule has 1 aliphatic carbocycles. The molecule has 0 aromatic heterocycles. The predicted molar refractivity (Wildman–Crippen MR) is 73.8 cm³/mol. The van der Waals surface area contributed by atoms with Crippen molar-refractivity contribution in [3.63, 3.8) is 0 Å². The van der Waals surface area contributed by atoms with Crippen LogP contribution in [-0.4, -0.2) is 28.6 Å². The number of nitrogens with zero attached hydrogens (tertiary/aromatic N) is 1. The summed E-state index contributed by atoms with van der Waals surface area (Å²) in [6.45, 7) is 0.387. The van der Waals surface area contributed by atoms with Gasteiger partial charge in [-0.05, 0) is 31.2 Å². The van der Waals surface area contributed by atoms with Crippen LogP contribution in [0, 0.1) is 16.0 Å². The Kier molecular flexibility index (Phi) is 4.57. The summed E-state index contributed by atoms with van der Waals surface area (Å²) in [5, 5.41) is 23.1. The highest BCUT2D eigenvalue weighted by atomic mass is 35.5. The minimum absolute atomic E-state index is 0.0585. The topological polar surface area (TPSA) is 92.5 Å². The Morgan fingerprint density at radius 1 is 1.50 bits per heavy atom. The molecule has 2 atom stereocenters. The number of rotatable bonds is 4. The van der Waals surface area contributed by atoms with Crippen LogP contribution in [0.25, 0.3) is 0 Å². The Morgan fingerprint density at radius 2 is 2.25 bits per heavy atom. The van der Waals surface area contributed by atoms with Gasteiger partial charge in [0.25, 0.3) is 11.6 Å². The summed E-state index contributed by atoms with van der Waals surface area (Å²) in [6, 6.07) is 4.13. The van der Waals surface area contributed by atoms with Crippen LogP contribution in [0.5, 0.6) is 0 Å². The van der Waals surface area contributed by atoms with E-state index in [4.69, 9.17) is 11.6 Å². The van der Waals surface area contributed by atoms with E-state index >= 15 is 0 Å². The van der Waals surface area contributed by atoms with Crippen molar-refractivity contribution in [2.24, 2.45) is 5.92 Å². The molecule has 0 heterocycles. The first kappa shape index (κ1) is 14.7.